The van der Waals surface area contributed by atoms with Gasteiger partial charge >= 0.3 is 5.97 Å². The quantitative estimate of drug-likeness (QED) is 0.161. The largest absolute Gasteiger partial charge is 0.456 e. The molecule has 8 nitrogen and oxygen atoms in total. The molecule has 0 saturated carbocycles. The van der Waals surface area contributed by atoms with Crippen molar-refractivity contribution in [1.29, 1.82) is 0 Å². The van der Waals surface area contributed by atoms with Crippen LogP contribution in [0.3, 0.4) is 0 Å². The Bertz CT molecular complexity index is 1290. The molecule has 8 atom stereocenters. The number of rotatable bonds is 14. The molecule has 0 aliphatic carbocycles. The standard InChI is InChI=1S/C38H53NO7/c1-25(24-40)21-38(8,42-9)34(28(4)33-29(5)35(41)46-37(6,7)45-33)44-36-27(3)32(20-26(2)43-36)39(22-30-16-12-10-13-17-30)23-31-18-14-11-15-19-31/h10-19,24-28,32,34,36H,20-23H2,1-9H3/t25-,26-,27?,28+,32?,34-,36+,38-/m1/s1. The minimum atomic E-state index is -1.13. The molecule has 0 radical (unpaired) electrons. The number of hydrogen-bond donors (Lipinski definition) is 0. The van der Waals surface area contributed by atoms with Crippen molar-refractivity contribution in [2.75, 3.05) is 7.11 Å². The monoisotopic (exact) mass is 635 g/mol. The van der Waals surface area contributed by atoms with E-state index in [0.29, 0.717) is 17.8 Å². The molecule has 8 heteroatoms. The number of esters is 1. The highest BCUT2D eigenvalue weighted by atomic mass is 16.7. The van der Waals surface area contributed by atoms with E-state index in [2.05, 4.69) is 67.3 Å². The van der Waals surface area contributed by atoms with Crippen molar-refractivity contribution in [2.45, 2.75) is 117 Å². The van der Waals surface area contributed by atoms with Crippen molar-refractivity contribution in [3.8, 4) is 0 Å². The average Bonchev–Trinajstić information content (AvgIpc) is 3.03. The van der Waals surface area contributed by atoms with Crippen LogP contribution in [0.4, 0.5) is 0 Å². The number of ether oxygens (including phenoxy) is 5. The van der Waals surface area contributed by atoms with Gasteiger partial charge in [0.25, 0.3) is 0 Å². The van der Waals surface area contributed by atoms with Crippen molar-refractivity contribution in [1.82, 2.24) is 4.90 Å². The summed E-state index contributed by atoms with van der Waals surface area (Å²) in [5.74, 6) is -1.79. The predicted molar refractivity (Wildman–Crippen MR) is 177 cm³/mol. The number of aldehydes is 1. The number of carbonyl (C=O) groups excluding carboxylic acids is 2. The Hall–Kier alpha value is -3.04. The van der Waals surface area contributed by atoms with Gasteiger partial charge in [-0.05, 0) is 44.7 Å². The van der Waals surface area contributed by atoms with E-state index in [1.165, 1.54) is 11.1 Å². The Morgan fingerprint density at radius 1 is 1.00 bits per heavy atom. The molecule has 2 aromatic rings. The fraction of sp³-hybridized carbons (Fsp3) is 0.579. The second kappa shape index (κ2) is 15.2. The molecule has 1 fully saturated rings. The zero-order valence-electron chi connectivity index (χ0n) is 29.0. The van der Waals surface area contributed by atoms with Gasteiger partial charge in [-0.3, -0.25) is 4.90 Å². The van der Waals surface area contributed by atoms with E-state index in [1.807, 2.05) is 32.9 Å². The van der Waals surface area contributed by atoms with Crippen molar-refractivity contribution in [3.63, 3.8) is 0 Å². The molecule has 2 heterocycles. The van der Waals surface area contributed by atoms with Crippen LogP contribution in [0.5, 0.6) is 0 Å². The van der Waals surface area contributed by atoms with Crippen molar-refractivity contribution in [3.05, 3.63) is 83.1 Å². The molecule has 0 amide bonds. The minimum absolute atomic E-state index is 0.0216. The van der Waals surface area contributed by atoms with Gasteiger partial charge in [0.2, 0.25) is 5.79 Å². The summed E-state index contributed by atoms with van der Waals surface area (Å²) < 4.78 is 31.6. The maximum atomic E-state index is 12.9. The summed E-state index contributed by atoms with van der Waals surface area (Å²) in [5, 5.41) is 0. The van der Waals surface area contributed by atoms with Crippen LogP contribution in [-0.4, -0.2) is 60.2 Å². The lowest BCUT2D eigenvalue weighted by molar-refractivity contribution is -0.286. The normalized spacial score (nSPS) is 26.4. The van der Waals surface area contributed by atoms with Crippen molar-refractivity contribution < 1.29 is 33.3 Å². The first kappa shape index (κ1) is 35.8. The van der Waals surface area contributed by atoms with Crippen LogP contribution in [0, 0.1) is 17.8 Å². The summed E-state index contributed by atoms with van der Waals surface area (Å²) in [4.78, 5) is 27.3. The highest BCUT2D eigenvalue weighted by molar-refractivity contribution is 5.89. The third kappa shape index (κ3) is 8.65. The smallest absolute Gasteiger partial charge is 0.340 e. The van der Waals surface area contributed by atoms with Crippen LogP contribution in [-0.2, 0) is 46.4 Å². The lowest BCUT2D eigenvalue weighted by Crippen LogP contribution is -2.56. The molecule has 1 saturated heterocycles. The SMILES string of the molecule is CO[C@](C)(C[C@@H](C)C=O)[C@H](O[C@@H]1O[C@H](C)CC(N(Cc2ccccc2)Cc2ccccc2)C1C)[C@@H](C)C1=C(C)C(=O)OC(C)(C)O1. The van der Waals surface area contributed by atoms with Gasteiger partial charge in [0.1, 0.15) is 12.0 Å². The Morgan fingerprint density at radius 3 is 2.09 bits per heavy atom. The Balaban J connectivity index is 1.70. The summed E-state index contributed by atoms with van der Waals surface area (Å²) in [6, 6.07) is 21.2. The Labute approximate surface area is 275 Å². The van der Waals surface area contributed by atoms with Crippen LogP contribution in [0.2, 0.25) is 0 Å². The van der Waals surface area contributed by atoms with E-state index in [1.54, 1.807) is 27.9 Å². The lowest BCUT2D eigenvalue weighted by Gasteiger charge is -2.49. The van der Waals surface area contributed by atoms with Gasteiger partial charge in [0.05, 0.1) is 23.4 Å². The molecule has 2 aliphatic rings. The van der Waals surface area contributed by atoms with Crippen molar-refractivity contribution >= 4 is 12.3 Å². The highest BCUT2D eigenvalue weighted by Gasteiger charge is 2.49. The first-order valence-electron chi connectivity index (χ1n) is 16.5. The fourth-order valence-corrected chi connectivity index (χ4v) is 6.98. The maximum absolute atomic E-state index is 12.9. The van der Waals surface area contributed by atoms with E-state index in [9.17, 15) is 9.59 Å². The molecule has 252 valence electrons. The zero-order chi connectivity index (χ0) is 33.6. The molecule has 46 heavy (non-hydrogen) atoms. The average molecular weight is 636 g/mol. The van der Waals surface area contributed by atoms with Crippen molar-refractivity contribution in [2.24, 2.45) is 17.8 Å². The first-order valence-corrected chi connectivity index (χ1v) is 16.5. The summed E-state index contributed by atoms with van der Waals surface area (Å²) in [6.45, 7) is 16.8. The third-order valence-electron chi connectivity index (χ3n) is 9.45. The predicted octanol–water partition coefficient (Wildman–Crippen LogP) is 7.06. The van der Waals surface area contributed by atoms with E-state index in [4.69, 9.17) is 23.7 Å². The van der Waals surface area contributed by atoms with E-state index < -0.39 is 35.7 Å². The Kier molecular flexibility index (Phi) is 11.9. The minimum Gasteiger partial charge on any atom is -0.456 e. The number of cyclic esters (lactones) is 1. The van der Waals surface area contributed by atoms with Crippen LogP contribution in [0.1, 0.15) is 79.4 Å². The number of hydrogen-bond acceptors (Lipinski definition) is 8. The van der Waals surface area contributed by atoms with E-state index in [-0.39, 0.29) is 24.0 Å². The number of carbonyl (C=O) groups is 2. The lowest BCUT2D eigenvalue weighted by atomic mass is 9.80. The highest BCUT2D eigenvalue weighted by Crippen LogP contribution is 2.41. The van der Waals surface area contributed by atoms with Gasteiger partial charge in [-0.2, -0.15) is 0 Å². The number of benzene rings is 2. The van der Waals surface area contributed by atoms with Gasteiger partial charge in [0.15, 0.2) is 6.29 Å². The maximum Gasteiger partial charge on any atom is 0.340 e. The molecule has 2 aromatic carbocycles. The van der Waals surface area contributed by atoms with Gasteiger partial charge < -0.3 is 28.5 Å². The number of methoxy groups -OCH3 is 1. The zero-order valence-corrected chi connectivity index (χ0v) is 29.0. The molecule has 2 unspecified atom stereocenters. The summed E-state index contributed by atoms with van der Waals surface area (Å²) in [6.07, 6.45) is 0.917. The molecule has 0 spiro atoms. The number of nitrogens with zero attached hydrogens (tertiary/aromatic N) is 1. The molecule has 4 rings (SSSR count). The molecular formula is C38H53NO7. The van der Waals surface area contributed by atoms with Gasteiger partial charge in [-0.1, -0.05) is 81.4 Å². The second-order valence-corrected chi connectivity index (χ2v) is 13.9. The second-order valence-electron chi connectivity index (χ2n) is 13.9. The molecular weight excluding hydrogens is 582 g/mol. The summed E-state index contributed by atoms with van der Waals surface area (Å²) in [5.41, 5.74) is 1.97. The van der Waals surface area contributed by atoms with Gasteiger partial charge in [-0.25, -0.2) is 4.79 Å². The van der Waals surface area contributed by atoms with Crippen LogP contribution >= 0.6 is 0 Å². The van der Waals surface area contributed by atoms with Gasteiger partial charge in [-0.15, -0.1) is 0 Å². The van der Waals surface area contributed by atoms with E-state index in [0.717, 1.165) is 25.8 Å². The van der Waals surface area contributed by atoms with Crippen LogP contribution < -0.4 is 0 Å². The van der Waals surface area contributed by atoms with Gasteiger partial charge in [0, 0.05) is 57.8 Å². The van der Waals surface area contributed by atoms with E-state index >= 15 is 0 Å². The fourth-order valence-electron chi connectivity index (χ4n) is 6.98. The molecule has 0 N–H and O–H groups in total. The molecule has 0 bridgehead atoms. The first-order chi connectivity index (χ1) is 21.8. The third-order valence-corrected chi connectivity index (χ3v) is 9.45. The topological polar surface area (TPSA) is 83.5 Å². The van der Waals surface area contributed by atoms with Crippen LogP contribution in [0.25, 0.3) is 0 Å². The molecule has 2 aliphatic heterocycles. The molecule has 0 aromatic heterocycles. The Morgan fingerprint density at radius 2 is 1.57 bits per heavy atom. The van der Waals surface area contributed by atoms with Crippen LogP contribution in [0.15, 0.2) is 72.0 Å². The summed E-state index contributed by atoms with van der Waals surface area (Å²) >= 11 is 0. The summed E-state index contributed by atoms with van der Waals surface area (Å²) in [7, 11) is 1.64.